The smallest absolute Gasteiger partial charge is 0.332 e. The van der Waals surface area contributed by atoms with E-state index in [1.165, 1.54) is 26.4 Å². The van der Waals surface area contributed by atoms with E-state index in [0.717, 1.165) is 0 Å². The Kier molecular flexibility index (Phi) is 6.02. The fourth-order valence-corrected chi connectivity index (χ4v) is 2.94. The Hall–Kier alpha value is -0.610. The summed E-state index contributed by atoms with van der Waals surface area (Å²) in [5, 5.41) is 0. The molecule has 4 heteroatoms. The highest BCUT2D eigenvalue weighted by atomic mass is 16.6. The van der Waals surface area contributed by atoms with E-state index in [0.29, 0.717) is 11.3 Å². The molecule has 2 unspecified atom stereocenters. The molecule has 0 bridgehead atoms. The highest BCUT2D eigenvalue weighted by molar-refractivity contribution is 5.70. The maximum absolute atomic E-state index is 11.3. The Morgan fingerprint density at radius 3 is 2.55 bits per heavy atom. The standard InChI is InChI=1S/C16H30O4/c1-12(13-7-8-15(2,3)9-13)20-16(4,5)11-19-14(17)10-18-6/h12-13H,7-11H2,1-6H3. The molecule has 0 heterocycles. The zero-order chi connectivity index (χ0) is 15.4. The van der Waals surface area contributed by atoms with Crippen LogP contribution in [0, 0.1) is 11.3 Å². The van der Waals surface area contributed by atoms with Crippen LogP contribution in [0.1, 0.15) is 53.9 Å². The van der Waals surface area contributed by atoms with Crippen LogP contribution in [0.2, 0.25) is 0 Å². The van der Waals surface area contributed by atoms with E-state index in [4.69, 9.17) is 14.2 Å². The molecule has 1 saturated carbocycles. The zero-order valence-corrected chi connectivity index (χ0v) is 13.8. The lowest BCUT2D eigenvalue weighted by atomic mass is 9.89. The van der Waals surface area contributed by atoms with Gasteiger partial charge in [-0.05, 0) is 51.4 Å². The number of ether oxygens (including phenoxy) is 3. The fourth-order valence-electron chi connectivity index (χ4n) is 2.94. The average Bonchev–Trinajstić information content (AvgIpc) is 2.67. The molecule has 0 aromatic rings. The van der Waals surface area contributed by atoms with Crippen LogP contribution in [0.25, 0.3) is 0 Å². The Labute approximate surface area is 123 Å². The molecule has 118 valence electrons. The molecule has 1 rings (SSSR count). The Morgan fingerprint density at radius 2 is 2.05 bits per heavy atom. The highest BCUT2D eigenvalue weighted by Gasteiger charge is 2.36. The Bertz CT molecular complexity index is 322. The summed E-state index contributed by atoms with van der Waals surface area (Å²) in [6.45, 7) is 10.9. The first kappa shape index (κ1) is 17.4. The van der Waals surface area contributed by atoms with Crippen LogP contribution >= 0.6 is 0 Å². The largest absolute Gasteiger partial charge is 0.461 e. The molecule has 0 aromatic carbocycles. The normalized spacial score (nSPS) is 23.6. The van der Waals surface area contributed by atoms with Gasteiger partial charge < -0.3 is 14.2 Å². The van der Waals surface area contributed by atoms with Crippen molar-refractivity contribution in [1.29, 1.82) is 0 Å². The van der Waals surface area contributed by atoms with Gasteiger partial charge in [0.15, 0.2) is 0 Å². The van der Waals surface area contributed by atoms with E-state index in [-0.39, 0.29) is 25.3 Å². The molecular weight excluding hydrogens is 256 g/mol. The second-order valence-electron chi connectivity index (χ2n) is 7.34. The zero-order valence-electron chi connectivity index (χ0n) is 13.8. The highest BCUT2D eigenvalue weighted by Crippen LogP contribution is 2.43. The topological polar surface area (TPSA) is 44.8 Å². The molecule has 4 nitrogen and oxygen atoms in total. The summed E-state index contributed by atoms with van der Waals surface area (Å²) >= 11 is 0. The predicted octanol–water partition coefficient (Wildman–Crippen LogP) is 3.19. The van der Waals surface area contributed by atoms with Crippen molar-refractivity contribution >= 4 is 5.97 Å². The summed E-state index contributed by atoms with van der Waals surface area (Å²) in [6, 6.07) is 0. The molecule has 1 aliphatic carbocycles. The predicted molar refractivity (Wildman–Crippen MR) is 78.6 cm³/mol. The number of rotatable bonds is 7. The number of methoxy groups -OCH3 is 1. The molecular formula is C16H30O4. The summed E-state index contributed by atoms with van der Waals surface area (Å²) in [5.41, 5.74) is -0.0348. The van der Waals surface area contributed by atoms with Gasteiger partial charge in [-0.2, -0.15) is 0 Å². The summed E-state index contributed by atoms with van der Waals surface area (Å²) in [7, 11) is 1.48. The molecule has 0 spiro atoms. The molecule has 0 aromatic heterocycles. The van der Waals surface area contributed by atoms with Crippen LogP contribution in [0.3, 0.4) is 0 Å². The van der Waals surface area contributed by atoms with Crippen LogP contribution in [-0.2, 0) is 19.0 Å². The summed E-state index contributed by atoms with van der Waals surface area (Å²) in [4.78, 5) is 11.3. The van der Waals surface area contributed by atoms with Crippen LogP contribution in [0.4, 0.5) is 0 Å². The quantitative estimate of drug-likeness (QED) is 0.674. The molecule has 0 N–H and O–H groups in total. The Morgan fingerprint density at radius 1 is 1.40 bits per heavy atom. The van der Waals surface area contributed by atoms with Gasteiger partial charge in [0, 0.05) is 7.11 Å². The molecule has 0 saturated heterocycles. The first-order valence-corrected chi connectivity index (χ1v) is 7.48. The second kappa shape index (κ2) is 6.90. The number of esters is 1. The molecule has 1 fully saturated rings. The van der Waals surface area contributed by atoms with Crippen molar-refractivity contribution in [1.82, 2.24) is 0 Å². The van der Waals surface area contributed by atoms with Gasteiger partial charge in [0.05, 0.1) is 11.7 Å². The van der Waals surface area contributed by atoms with Crippen molar-refractivity contribution in [3.63, 3.8) is 0 Å². The van der Waals surface area contributed by atoms with Crippen LogP contribution in [0.5, 0.6) is 0 Å². The van der Waals surface area contributed by atoms with Crippen molar-refractivity contribution in [3.8, 4) is 0 Å². The first-order chi connectivity index (χ1) is 9.15. The summed E-state index contributed by atoms with van der Waals surface area (Å²) in [5.74, 6) is 0.248. The molecule has 0 radical (unpaired) electrons. The van der Waals surface area contributed by atoms with Crippen molar-refractivity contribution in [3.05, 3.63) is 0 Å². The second-order valence-corrected chi connectivity index (χ2v) is 7.34. The number of hydrogen-bond donors (Lipinski definition) is 0. The van der Waals surface area contributed by atoms with Gasteiger partial charge in [0.1, 0.15) is 13.2 Å². The lowest BCUT2D eigenvalue weighted by Crippen LogP contribution is -2.38. The third-order valence-corrected chi connectivity index (χ3v) is 4.02. The van der Waals surface area contributed by atoms with E-state index in [1.807, 2.05) is 13.8 Å². The molecule has 20 heavy (non-hydrogen) atoms. The van der Waals surface area contributed by atoms with E-state index >= 15 is 0 Å². The summed E-state index contributed by atoms with van der Waals surface area (Å²) < 4.78 is 16.0. The molecule has 0 aliphatic heterocycles. The maximum atomic E-state index is 11.3. The Balaban J connectivity index is 2.39. The average molecular weight is 286 g/mol. The first-order valence-electron chi connectivity index (χ1n) is 7.48. The SMILES string of the molecule is COCC(=O)OCC(C)(C)OC(C)C1CCC(C)(C)C1. The minimum atomic E-state index is -0.463. The van der Waals surface area contributed by atoms with Crippen molar-refractivity contribution < 1.29 is 19.0 Å². The molecule has 0 amide bonds. The van der Waals surface area contributed by atoms with E-state index < -0.39 is 5.60 Å². The van der Waals surface area contributed by atoms with Crippen LogP contribution < -0.4 is 0 Å². The lowest BCUT2D eigenvalue weighted by molar-refractivity contribution is -0.163. The fraction of sp³-hybridized carbons (Fsp3) is 0.938. The van der Waals surface area contributed by atoms with Gasteiger partial charge >= 0.3 is 5.97 Å². The minimum Gasteiger partial charge on any atom is -0.461 e. The van der Waals surface area contributed by atoms with Gasteiger partial charge in [0.25, 0.3) is 0 Å². The lowest BCUT2D eigenvalue weighted by Gasteiger charge is -2.32. The third kappa shape index (κ3) is 5.80. The number of carbonyl (C=O) groups excluding carboxylic acids is 1. The van der Waals surface area contributed by atoms with Crippen LogP contribution in [0.15, 0.2) is 0 Å². The van der Waals surface area contributed by atoms with E-state index in [2.05, 4.69) is 20.8 Å². The minimum absolute atomic E-state index is 0.0115. The van der Waals surface area contributed by atoms with Gasteiger partial charge in [-0.25, -0.2) is 4.79 Å². The molecule has 2 atom stereocenters. The van der Waals surface area contributed by atoms with E-state index in [9.17, 15) is 4.79 Å². The van der Waals surface area contributed by atoms with Crippen LogP contribution in [-0.4, -0.2) is 38.0 Å². The number of carbonyl (C=O) groups is 1. The van der Waals surface area contributed by atoms with Gasteiger partial charge in [-0.1, -0.05) is 13.8 Å². The van der Waals surface area contributed by atoms with Crippen molar-refractivity contribution in [2.24, 2.45) is 11.3 Å². The number of hydrogen-bond acceptors (Lipinski definition) is 4. The van der Waals surface area contributed by atoms with Crippen molar-refractivity contribution in [2.45, 2.75) is 65.6 Å². The molecule has 1 aliphatic rings. The van der Waals surface area contributed by atoms with Crippen molar-refractivity contribution in [2.75, 3.05) is 20.3 Å². The third-order valence-electron chi connectivity index (χ3n) is 4.02. The van der Waals surface area contributed by atoms with Gasteiger partial charge in [-0.15, -0.1) is 0 Å². The monoisotopic (exact) mass is 286 g/mol. The summed E-state index contributed by atoms with van der Waals surface area (Å²) in [6.07, 6.45) is 3.86. The van der Waals surface area contributed by atoms with E-state index in [1.54, 1.807) is 0 Å². The van der Waals surface area contributed by atoms with Gasteiger partial charge in [0.2, 0.25) is 0 Å². The maximum Gasteiger partial charge on any atom is 0.332 e. The van der Waals surface area contributed by atoms with Gasteiger partial charge in [-0.3, -0.25) is 0 Å².